The number of phenols is 1. The summed E-state index contributed by atoms with van der Waals surface area (Å²) in [6.07, 6.45) is 0.0700. The van der Waals surface area contributed by atoms with Gasteiger partial charge in [-0.25, -0.2) is 9.18 Å². The van der Waals surface area contributed by atoms with Gasteiger partial charge in [-0.15, -0.1) is 0 Å². The molecule has 0 spiro atoms. The smallest absolute Gasteiger partial charge is 0.326 e. The van der Waals surface area contributed by atoms with E-state index in [9.17, 15) is 67.7 Å². The van der Waals surface area contributed by atoms with Gasteiger partial charge in [-0.3, -0.25) is 48.1 Å². The van der Waals surface area contributed by atoms with Gasteiger partial charge in [0, 0.05) is 38.4 Å². The predicted octanol–water partition coefficient (Wildman–Crippen LogP) is -2.30. The number of aliphatic imine (C=N–C) groups is 1. The number of aliphatic hydroxyl groups excluding tert-OH is 1. The summed E-state index contributed by atoms with van der Waals surface area (Å²) < 4.78 is 14.5. The molecule has 8 atom stereocenters. The molecule has 2 heterocycles. The fourth-order valence-electron chi connectivity index (χ4n) is 8.15. The molecule has 14 N–H and O–H groups in total. The zero-order valence-corrected chi connectivity index (χ0v) is 40.6. The van der Waals surface area contributed by atoms with Crippen LogP contribution in [-0.4, -0.2) is 154 Å². The minimum Gasteiger partial charge on any atom is -0.505 e. The van der Waals surface area contributed by atoms with Crippen molar-refractivity contribution >= 4 is 65.0 Å². The van der Waals surface area contributed by atoms with E-state index in [2.05, 4.69) is 42.2 Å². The fourth-order valence-corrected chi connectivity index (χ4v) is 8.15. The number of guanidine groups is 1. The number of carbonyl (C=O) groups is 10. The van der Waals surface area contributed by atoms with Crippen LogP contribution < -0.4 is 48.7 Å². The second-order valence-corrected chi connectivity index (χ2v) is 18.2. The molecule has 0 unspecified atom stereocenters. The van der Waals surface area contributed by atoms with Gasteiger partial charge in [-0.2, -0.15) is 0 Å². The van der Waals surface area contributed by atoms with Crippen LogP contribution in [0.4, 0.5) is 4.39 Å². The number of hydrogen-bond acceptors (Lipinski definition) is 13. The minimum atomic E-state index is -1.58. The third kappa shape index (κ3) is 18.7. The Labute approximate surface area is 410 Å². The lowest BCUT2D eigenvalue weighted by Crippen LogP contribution is -2.58. The Bertz CT molecular complexity index is 2120. The number of carboxylic acids is 1. The molecule has 0 aromatic heterocycles. The Morgan fingerprint density at radius 2 is 1.63 bits per heavy atom. The van der Waals surface area contributed by atoms with E-state index in [4.69, 9.17) is 11.5 Å². The summed E-state index contributed by atoms with van der Waals surface area (Å²) in [5.41, 5.74) is 10.8. The molecule has 0 radical (unpaired) electrons. The number of aliphatic hydroxyl groups is 1. The first-order valence-electron chi connectivity index (χ1n) is 23.8. The Hall–Kier alpha value is -6.92. The molecule has 71 heavy (non-hydrogen) atoms. The lowest BCUT2D eigenvalue weighted by molar-refractivity contribution is -0.145. The predicted molar refractivity (Wildman–Crippen MR) is 253 cm³/mol. The number of amides is 8. The number of likely N-dealkylation sites (tertiary alicyclic amines) is 1. The Morgan fingerprint density at radius 3 is 2.27 bits per heavy atom. The van der Waals surface area contributed by atoms with Gasteiger partial charge in [0.1, 0.15) is 36.8 Å². The first kappa shape index (κ1) is 58.4. The van der Waals surface area contributed by atoms with Gasteiger partial charge >= 0.3 is 5.97 Å². The van der Waals surface area contributed by atoms with Crippen molar-refractivity contribution in [1.82, 2.24) is 42.1 Å². The number of Topliss-reactive ketones (excluding diaryl/α,β-unsaturated/α-hetero) is 1. The van der Waals surface area contributed by atoms with Crippen LogP contribution in [0.15, 0.2) is 23.2 Å². The van der Waals surface area contributed by atoms with E-state index < -0.39 is 151 Å². The van der Waals surface area contributed by atoms with Crippen molar-refractivity contribution in [3.63, 3.8) is 0 Å². The van der Waals surface area contributed by atoms with Crippen LogP contribution in [0.25, 0.3) is 0 Å². The Kier molecular flexibility index (Phi) is 23.6. The quantitative estimate of drug-likeness (QED) is 0.0418. The summed E-state index contributed by atoms with van der Waals surface area (Å²) in [5, 5.41) is 46.8. The van der Waals surface area contributed by atoms with Crippen LogP contribution in [0.2, 0.25) is 0 Å². The summed E-state index contributed by atoms with van der Waals surface area (Å²) in [5.74, 6) is -12.6. The number of ketones is 1. The van der Waals surface area contributed by atoms with E-state index in [0.717, 1.165) is 17.0 Å². The monoisotopic (exact) mass is 1000 g/mol. The maximum absolute atomic E-state index is 14.5. The number of phenolic OH excluding ortho intramolecular Hbond substituents is 1. The lowest BCUT2D eigenvalue weighted by Gasteiger charge is -2.29. The number of halogens is 1. The van der Waals surface area contributed by atoms with Gasteiger partial charge in [0.05, 0.1) is 19.0 Å². The molecule has 394 valence electrons. The van der Waals surface area contributed by atoms with E-state index in [1.807, 2.05) is 0 Å². The second kappa shape index (κ2) is 28.7. The standard InChI is InChI=1S/C46H70FN11O13/c1-5-25(4)39(56-37(64)23-59)34(61)20-27-10-6-7-15-50-35(62)21-31(44(69)58-17-9-12-32(58)42(67)54-29(45(70)71)11-8-16-51-46(48)49)53-36(63)22-52-43(68)38(24(2)3)57-41(66)30(55-40(27)65)19-26-13-14-33(60)28(47)18-26/h13-14,18,24-25,27,29-32,38-39,59-60H,5-12,15-17,19-23H2,1-4H3,(H,50,62)(H,52,68)(H,53,63)(H,54,67)(H,55,65)(H,56,64)(H,57,66)(H,70,71)(H4,48,49,51)/t25-,27+,29-,30-,31-,32-,38-,39-/m0/s1. The number of carbonyl (C=O) groups excluding carboxylic acids is 9. The molecule has 1 aromatic carbocycles. The molecule has 25 heteroatoms. The number of benzene rings is 1. The molecule has 0 bridgehead atoms. The highest BCUT2D eigenvalue weighted by Crippen LogP contribution is 2.23. The van der Waals surface area contributed by atoms with Gasteiger partial charge in [0.2, 0.25) is 47.3 Å². The average molecular weight is 1000 g/mol. The molecule has 1 aromatic rings. The van der Waals surface area contributed by atoms with Crippen LogP contribution in [0.5, 0.6) is 5.75 Å². The molecule has 2 fully saturated rings. The maximum atomic E-state index is 14.5. The summed E-state index contributed by atoms with van der Waals surface area (Å²) in [6.45, 7) is 5.11. The van der Waals surface area contributed by atoms with Crippen molar-refractivity contribution in [3.05, 3.63) is 29.6 Å². The maximum Gasteiger partial charge on any atom is 0.326 e. The average Bonchev–Trinajstić information content (AvgIpc) is 3.82. The number of nitrogens with zero attached hydrogens (tertiary/aromatic N) is 2. The molecule has 2 aliphatic heterocycles. The van der Waals surface area contributed by atoms with Gasteiger partial charge in [-0.1, -0.05) is 46.6 Å². The van der Waals surface area contributed by atoms with Gasteiger partial charge < -0.3 is 68.9 Å². The number of carboxylic acid groups (broad SMARTS) is 1. The highest BCUT2D eigenvalue weighted by atomic mass is 19.1. The molecule has 3 rings (SSSR count). The summed E-state index contributed by atoms with van der Waals surface area (Å²) in [7, 11) is 0. The van der Waals surface area contributed by atoms with Crippen LogP contribution in [0.3, 0.4) is 0 Å². The molecule has 0 aliphatic carbocycles. The van der Waals surface area contributed by atoms with Crippen LogP contribution in [-0.2, 0) is 54.4 Å². The number of hydrogen-bond donors (Lipinski definition) is 12. The number of aromatic hydroxyl groups is 1. The molecule has 0 saturated carbocycles. The summed E-state index contributed by atoms with van der Waals surface area (Å²) in [4.78, 5) is 140. The minimum absolute atomic E-state index is 0.00238. The topological polar surface area (TPSA) is 383 Å². The number of nitrogens with one attached hydrogen (secondary N) is 7. The number of rotatable bonds is 18. The van der Waals surface area contributed by atoms with Crippen molar-refractivity contribution in [1.29, 1.82) is 0 Å². The SMILES string of the molecule is CC[C@H](C)[C@H](NC(=O)CO)C(=O)C[C@H]1CCCCNC(=O)C[C@@H](C(=O)N2CCC[C@H]2C(=O)N[C@@H](CCCN=C(N)N)C(=O)O)NC(=O)CNC(=O)[C@H](C(C)C)NC(=O)[C@H](Cc2ccc(O)c(F)c2)NC1=O. The molecule has 24 nitrogen and oxygen atoms in total. The van der Waals surface area contributed by atoms with Crippen LogP contribution in [0.1, 0.15) is 97.5 Å². The largest absolute Gasteiger partial charge is 0.505 e. The second-order valence-electron chi connectivity index (χ2n) is 18.2. The van der Waals surface area contributed by atoms with Crippen molar-refractivity contribution in [2.75, 3.05) is 32.8 Å². The summed E-state index contributed by atoms with van der Waals surface area (Å²) in [6, 6.07) is -4.71. The Morgan fingerprint density at radius 1 is 0.915 bits per heavy atom. The van der Waals surface area contributed by atoms with Crippen LogP contribution in [0, 0.1) is 23.6 Å². The fraction of sp³-hybridized carbons (Fsp3) is 0.630. The van der Waals surface area contributed by atoms with Crippen molar-refractivity contribution < 1.29 is 67.7 Å². The lowest BCUT2D eigenvalue weighted by atomic mass is 9.87. The van der Waals surface area contributed by atoms with Gasteiger partial charge in [0.25, 0.3) is 0 Å². The molecular formula is C46H70FN11O13. The van der Waals surface area contributed by atoms with E-state index in [1.165, 1.54) is 6.07 Å². The summed E-state index contributed by atoms with van der Waals surface area (Å²) >= 11 is 0. The highest BCUT2D eigenvalue weighted by Gasteiger charge is 2.40. The third-order valence-corrected chi connectivity index (χ3v) is 12.3. The van der Waals surface area contributed by atoms with Crippen molar-refractivity contribution in [2.24, 2.45) is 34.2 Å². The van der Waals surface area contributed by atoms with E-state index in [-0.39, 0.29) is 76.1 Å². The van der Waals surface area contributed by atoms with E-state index in [1.54, 1.807) is 27.7 Å². The first-order chi connectivity index (χ1) is 33.6. The highest BCUT2D eigenvalue weighted by molar-refractivity contribution is 5.98. The molecule has 2 aliphatic rings. The first-order valence-corrected chi connectivity index (χ1v) is 23.8. The van der Waals surface area contributed by atoms with Crippen molar-refractivity contribution in [3.8, 4) is 5.75 Å². The van der Waals surface area contributed by atoms with Crippen LogP contribution >= 0.6 is 0 Å². The molecular weight excluding hydrogens is 934 g/mol. The Balaban J connectivity index is 1.97. The number of aliphatic carboxylic acids is 1. The molecule has 2 saturated heterocycles. The van der Waals surface area contributed by atoms with Gasteiger partial charge in [-0.05, 0) is 68.1 Å². The zero-order chi connectivity index (χ0) is 52.9. The van der Waals surface area contributed by atoms with E-state index in [0.29, 0.717) is 12.8 Å². The third-order valence-electron chi connectivity index (χ3n) is 12.3. The zero-order valence-electron chi connectivity index (χ0n) is 40.6. The van der Waals surface area contributed by atoms with Gasteiger partial charge in [0.15, 0.2) is 23.3 Å². The normalized spacial score (nSPS) is 22.3. The van der Waals surface area contributed by atoms with Crippen molar-refractivity contribution in [2.45, 2.75) is 135 Å². The number of nitrogens with two attached hydrogens (primary N) is 2. The van der Waals surface area contributed by atoms with E-state index >= 15 is 0 Å². The molecule has 8 amide bonds.